The van der Waals surface area contributed by atoms with Crippen LogP contribution in [0.2, 0.25) is 5.15 Å². The Balaban J connectivity index is 2.88. The fraction of sp³-hybridized carbons (Fsp3) is 0.125. The van der Waals surface area contributed by atoms with Gasteiger partial charge in [-0.3, -0.25) is 0 Å². The maximum absolute atomic E-state index is 13.1. The molecule has 0 aromatic carbocycles. The van der Waals surface area contributed by atoms with Crippen LogP contribution in [0.5, 0.6) is 0 Å². The van der Waals surface area contributed by atoms with E-state index in [0.29, 0.717) is 11.0 Å². The van der Waals surface area contributed by atoms with E-state index in [1.54, 1.807) is 6.07 Å². The van der Waals surface area contributed by atoms with Gasteiger partial charge in [0.2, 0.25) is 0 Å². The number of nitrogens with zero attached hydrogens (tertiary/aromatic N) is 1. The molecule has 0 fully saturated rings. The Kier molecular flexibility index (Phi) is 1.54. The summed E-state index contributed by atoms with van der Waals surface area (Å²) >= 11 is 5.56. The van der Waals surface area contributed by atoms with Crippen LogP contribution in [0.25, 0.3) is 11.0 Å². The lowest BCUT2D eigenvalue weighted by Gasteiger charge is -1.91. The Morgan fingerprint density at radius 2 is 2.25 bits per heavy atom. The molecule has 2 rings (SSSR count). The summed E-state index contributed by atoms with van der Waals surface area (Å²) in [5.74, 6) is -0.339. The number of hydrogen-bond donors (Lipinski definition) is 1. The summed E-state index contributed by atoms with van der Waals surface area (Å²) in [6, 6.07) is 2.91. The molecule has 0 aliphatic rings. The zero-order chi connectivity index (χ0) is 8.72. The molecule has 0 bridgehead atoms. The van der Waals surface area contributed by atoms with Crippen LogP contribution in [0.1, 0.15) is 5.69 Å². The molecule has 0 radical (unpaired) electrons. The van der Waals surface area contributed by atoms with Crippen molar-refractivity contribution in [2.45, 2.75) is 6.92 Å². The van der Waals surface area contributed by atoms with E-state index in [2.05, 4.69) is 9.97 Å². The second kappa shape index (κ2) is 2.45. The van der Waals surface area contributed by atoms with Crippen molar-refractivity contribution in [3.63, 3.8) is 0 Å². The van der Waals surface area contributed by atoms with Gasteiger partial charge in [-0.15, -0.1) is 0 Å². The Bertz CT molecular complexity index is 436. The van der Waals surface area contributed by atoms with Gasteiger partial charge in [0.1, 0.15) is 16.6 Å². The van der Waals surface area contributed by atoms with Crippen molar-refractivity contribution in [1.82, 2.24) is 9.97 Å². The molecule has 2 nitrogen and oxygen atoms in total. The molecule has 1 N–H and O–H groups in total. The van der Waals surface area contributed by atoms with Crippen LogP contribution in [-0.4, -0.2) is 9.97 Å². The normalized spacial score (nSPS) is 10.9. The fourth-order valence-corrected chi connectivity index (χ4v) is 1.35. The van der Waals surface area contributed by atoms with E-state index in [1.165, 1.54) is 6.07 Å². The minimum Gasteiger partial charge on any atom is -0.343 e. The topological polar surface area (TPSA) is 28.7 Å². The molecule has 62 valence electrons. The van der Waals surface area contributed by atoms with Gasteiger partial charge in [-0.25, -0.2) is 9.37 Å². The molecule has 0 saturated heterocycles. The van der Waals surface area contributed by atoms with Gasteiger partial charge in [0.15, 0.2) is 0 Å². The first-order valence-electron chi connectivity index (χ1n) is 3.48. The minimum atomic E-state index is -0.339. The summed E-state index contributed by atoms with van der Waals surface area (Å²) in [5, 5.41) is 0.652. The molecule has 0 spiro atoms. The number of nitrogens with one attached hydrogen (secondary N) is 1. The van der Waals surface area contributed by atoms with Crippen LogP contribution in [0.4, 0.5) is 4.39 Å². The van der Waals surface area contributed by atoms with E-state index >= 15 is 0 Å². The van der Waals surface area contributed by atoms with Crippen LogP contribution in [0.3, 0.4) is 0 Å². The van der Waals surface area contributed by atoms with E-state index in [4.69, 9.17) is 11.6 Å². The van der Waals surface area contributed by atoms with Crippen molar-refractivity contribution in [3.8, 4) is 0 Å². The average molecular weight is 185 g/mol. The summed E-state index contributed by atoms with van der Waals surface area (Å²) in [4.78, 5) is 6.83. The van der Waals surface area contributed by atoms with E-state index in [1.807, 2.05) is 6.92 Å². The van der Waals surface area contributed by atoms with Crippen LogP contribution < -0.4 is 0 Å². The van der Waals surface area contributed by atoms with Gasteiger partial charge in [-0.2, -0.15) is 0 Å². The molecule has 0 saturated carbocycles. The van der Waals surface area contributed by atoms with Crippen molar-refractivity contribution in [1.29, 1.82) is 0 Å². The van der Waals surface area contributed by atoms with E-state index in [9.17, 15) is 4.39 Å². The van der Waals surface area contributed by atoms with E-state index in [0.717, 1.165) is 5.69 Å². The third-order valence-electron chi connectivity index (χ3n) is 1.65. The molecule has 0 aliphatic carbocycles. The first kappa shape index (κ1) is 7.55. The lowest BCUT2D eigenvalue weighted by atomic mass is 10.3. The second-order valence-corrected chi connectivity index (χ2v) is 3.03. The molecular formula is C8H6ClFN2. The van der Waals surface area contributed by atoms with E-state index in [-0.39, 0.29) is 11.0 Å². The standard InChI is InChI=1S/C8H6ClFN2/c1-4-2-5-6(10)3-7(9)12-8(5)11-4/h2-3H,1H3,(H,11,12). The number of halogens is 2. The minimum absolute atomic E-state index is 0.168. The Hall–Kier alpha value is -1.09. The van der Waals surface area contributed by atoms with Gasteiger partial charge in [-0.05, 0) is 13.0 Å². The summed E-state index contributed by atoms with van der Waals surface area (Å²) in [7, 11) is 0. The maximum atomic E-state index is 13.1. The number of aromatic nitrogens is 2. The molecule has 2 heterocycles. The van der Waals surface area contributed by atoms with Crippen LogP contribution >= 0.6 is 11.6 Å². The Morgan fingerprint density at radius 3 is 3.00 bits per heavy atom. The average Bonchev–Trinajstić information content (AvgIpc) is 2.29. The number of pyridine rings is 1. The zero-order valence-corrected chi connectivity index (χ0v) is 7.11. The third kappa shape index (κ3) is 1.06. The number of hydrogen-bond acceptors (Lipinski definition) is 1. The van der Waals surface area contributed by atoms with E-state index < -0.39 is 0 Å². The predicted octanol–water partition coefficient (Wildman–Crippen LogP) is 2.66. The van der Waals surface area contributed by atoms with Crippen molar-refractivity contribution in [2.75, 3.05) is 0 Å². The number of fused-ring (bicyclic) bond motifs is 1. The van der Waals surface area contributed by atoms with Gasteiger partial charge in [0.05, 0.1) is 5.39 Å². The highest BCUT2D eigenvalue weighted by Gasteiger charge is 2.05. The van der Waals surface area contributed by atoms with Gasteiger partial charge in [-0.1, -0.05) is 11.6 Å². The fourth-order valence-electron chi connectivity index (χ4n) is 1.17. The Labute approximate surface area is 73.4 Å². The molecule has 2 aromatic rings. The molecule has 0 aliphatic heterocycles. The van der Waals surface area contributed by atoms with Crippen molar-refractivity contribution in [2.24, 2.45) is 0 Å². The highest BCUT2D eigenvalue weighted by Crippen LogP contribution is 2.19. The molecular weight excluding hydrogens is 179 g/mol. The molecule has 0 unspecified atom stereocenters. The summed E-state index contributed by atoms with van der Waals surface area (Å²) in [6.45, 7) is 1.84. The van der Waals surface area contributed by atoms with Gasteiger partial charge in [0.25, 0.3) is 0 Å². The van der Waals surface area contributed by atoms with Gasteiger partial charge in [0, 0.05) is 11.8 Å². The quantitative estimate of drug-likeness (QED) is 0.627. The van der Waals surface area contributed by atoms with Crippen molar-refractivity contribution in [3.05, 3.63) is 28.8 Å². The predicted molar refractivity (Wildman–Crippen MR) is 45.8 cm³/mol. The summed E-state index contributed by atoms with van der Waals surface area (Å²) in [5.41, 5.74) is 1.37. The number of H-pyrrole nitrogens is 1. The number of aryl methyl sites for hydroxylation is 1. The van der Waals surface area contributed by atoms with Crippen molar-refractivity contribution >= 4 is 22.6 Å². The zero-order valence-electron chi connectivity index (χ0n) is 6.36. The molecule has 0 amide bonds. The maximum Gasteiger partial charge on any atom is 0.142 e. The lowest BCUT2D eigenvalue weighted by Crippen LogP contribution is -1.81. The van der Waals surface area contributed by atoms with Gasteiger partial charge >= 0.3 is 0 Å². The first-order valence-corrected chi connectivity index (χ1v) is 3.86. The van der Waals surface area contributed by atoms with Crippen molar-refractivity contribution < 1.29 is 4.39 Å². The first-order chi connectivity index (χ1) is 5.66. The van der Waals surface area contributed by atoms with Gasteiger partial charge < -0.3 is 4.98 Å². The van der Waals surface area contributed by atoms with Crippen LogP contribution in [0, 0.1) is 12.7 Å². The number of rotatable bonds is 0. The largest absolute Gasteiger partial charge is 0.343 e. The molecule has 0 atom stereocenters. The monoisotopic (exact) mass is 184 g/mol. The van der Waals surface area contributed by atoms with Crippen LogP contribution in [-0.2, 0) is 0 Å². The smallest absolute Gasteiger partial charge is 0.142 e. The molecule has 2 aromatic heterocycles. The molecule has 12 heavy (non-hydrogen) atoms. The number of aromatic amines is 1. The second-order valence-electron chi connectivity index (χ2n) is 2.64. The SMILES string of the molecule is Cc1cc2c(F)cc(Cl)nc2[nH]1. The summed E-state index contributed by atoms with van der Waals surface area (Å²) < 4.78 is 13.1. The highest BCUT2D eigenvalue weighted by atomic mass is 35.5. The highest BCUT2D eigenvalue weighted by molar-refractivity contribution is 6.29. The third-order valence-corrected chi connectivity index (χ3v) is 1.85. The summed E-state index contributed by atoms with van der Waals surface area (Å²) in [6.07, 6.45) is 0. The van der Waals surface area contributed by atoms with Crippen LogP contribution in [0.15, 0.2) is 12.1 Å². The lowest BCUT2D eigenvalue weighted by molar-refractivity contribution is 0.638. The molecule has 4 heteroatoms. The Morgan fingerprint density at radius 1 is 1.50 bits per heavy atom.